The van der Waals surface area contributed by atoms with Crippen molar-refractivity contribution in [3.8, 4) is 0 Å². The smallest absolute Gasteiger partial charge is 0.258 e. The Morgan fingerprint density at radius 3 is 2.38 bits per heavy atom. The molecule has 0 spiro atoms. The minimum Gasteiger partial charge on any atom is -0.258 e. The summed E-state index contributed by atoms with van der Waals surface area (Å²) in [5, 5.41) is 10.5. The molecule has 1 aromatic carbocycles. The van der Waals surface area contributed by atoms with Gasteiger partial charge in [0.1, 0.15) is 0 Å². The van der Waals surface area contributed by atoms with E-state index in [4.69, 9.17) is 0 Å². The Bertz CT molecular complexity index is 739. The summed E-state index contributed by atoms with van der Waals surface area (Å²) in [6.45, 7) is 0.0402. The van der Waals surface area contributed by atoms with Crippen molar-refractivity contribution in [1.82, 2.24) is 4.72 Å². The van der Waals surface area contributed by atoms with Crippen molar-refractivity contribution in [1.29, 1.82) is 0 Å². The molecule has 10 heteroatoms. The minimum absolute atomic E-state index is 0.0181. The van der Waals surface area contributed by atoms with Crippen molar-refractivity contribution in [2.24, 2.45) is 5.92 Å². The molecule has 0 aliphatic carbocycles. The summed E-state index contributed by atoms with van der Waals surface area (Å²) in [5.41, 5.74) is -0.198. The fourth-order valence-electron chi connectivity index (χ4n) is 2.09. The minimum atomic E-state index is -3.79. The Morgan fingerprint density at radius 1 is 1.29 bits per heavy atom. The van der Waals surface area contributed by atoms with Crippen molar-refractivity contribution >= 4 is 25.5 Å². The van der Waals surface area contributed by atoms with Gasteiger partial charge in [-0.25, -0.2) is 21.6 Å². The van der Waals surface area contributed by atoms with E-state index < -0.39 is 24.8 Å². The highest BCUT2D eigenvalue weighted by molar-refractivity contribution is 7.91. The number of benzene rings is 1. The van der Waals surface area contributed by atoms with Crippen LogP contribution in [0.2, 0.25) is 0 Å². The third-order valence-corrected chi connectivity index (χ3v) is 6.52. The number of sulfonamides is 1. The lowest BCUT2D eigenvalue weighted by Crippen LogP contribution is -2.29. The summed E-state index contributed by atoms with van der Waals surface area (Å²) in [5.74, 6) is -0.171. The molecule has 0 aromatic heterocycles. The molecule has 1 aliphatic rings. The van der Waals surface area contributed by atoms with Gasteiger partial charge in [-0.2, -0.15) is 0 Å². The molecule has 21 heavy (non-hydrogen) atoms. The molecule has 1 N–H and O–H groups in total. The Morgan fingerprint density at radius 2 is 1.90 bits per heavy atom. The summed E-state index contributed by atoms with van der Waals surface area (Å²) >= 11 is 0. The first-order chi connectivity index (χ1) is 9.70. The molecule has 0 bridgehead atoms. The first-order valence-corrected chi connectivity index (χ1v) is 9.45. The van der Waals surface area contributed by atoms with E-state index >= 15 is 0 Å². The van der Waals surface area contributed by atoms with E-state index in [0.29, 0.717) is 6.42 Å². The second-order valence-corrected chi connectivity index (χ2v) is 8.87. The number of nitrogens with one attached hydrogen (secondary N) is 1. The molecule has 1 aromatic rings. The lowest BCUT2D eigenvalue weighted by atomic mass is 10.1. The Hall–Kier alpha value is -1.52. The number of hydrogen-bond donors (Lipinski definition) is 1. The van der Waals surface area contributed by atoms with Gasteiger partial charge in [-0.3, -0.25) is 10.1 Å². The van der Waals surface area contributed by atoms with Crippen LogP contribution in [0.3, 0.4) is 0 Å². The molecule has 0 amide bonds. The first kappa shape index (κ1) is 15.9. The van der Waals surface area contributed by atoms with E-state index in [2.05, 4.69) is 4.72 Å². The predicted molar refractivity (Wildman–Crippen MR) is 75.0 cm³/mol. The fourth-order valence-corrected chi connectivity index (χ4v) is 5.07. The highest BCUT2D eigenvalue weighted by Gasteiger charge is 2.29. The van der Waals surface area contributed by atoms with Crippen LogP contribution in [0.1, 0.15) is 6.42 Å². The average molecular weight is 334 g/mol. The summed E-state index contributed by atoms with van der Waals surface area (Å²) in [7, 11) is -6.85. The van der Waals surface area contributed by atoms with Gasteiger partial charge < -0.3 is 0 Å². The number of nitro groups is 1. The zero-order chi connectivity index (χ0) is 15.7. The third kappa shape index (κ3) is 3.99. The van der Waals surface area contributed by atoms with Crippen molar-refractivity contribution in [3.05, 3.63) is 34.4 Å². The third-order valence-electron chi connectivity index (χ3n) is 3.25. The molecule has 0 radical (unpaired) electrons. The van der Waals surface area contributed by atoms with Crippen LogP contribution in [0.25, 0.3) is 0 Å². The van der Waals surface area contributed by atoms with Gasteiger partial charge in [0.15, 0.2) is 9.84 Å². The second kappa shape index (κ2) is 5.70. The summed E-state index contributed by atoms with van der Waals surface area (Å²) < 4.78 is 48.9. The quantitative estimate of drug-likeness (QED) is 0.610. The number of nitro benzene ring substituents is 1. The summed E-state index contributed by atoms with van der Waals surface area (Å²) in [6.07, 6.45) is 0.436. The molecule has 2 rings (SSSR count). The largest absolute Gasteiger partial charge is 0.269 e. The van der Waals surface area contributed by atoms with E-state index in [1.54, 1.807) is 0 Å². The molecule has 8 nitrogen and oxygen atoms in total. The standard InChI is InChI=1S/C11H14N2O6S2/c14-13(15)10-1-3-11(4-2-10)21(18,19)12-7-9-5-6-20(16,17)8-9/h1-4,9,12H,5-8H2. The van der Waals surface area contributed by atoms with Gasteiger partial charge in [-0.15, -0.1) is 0 Å². The van der Waals surface area contributed by atoms with Gasteiger partial charge in [0, 0.05) is 18.7 Å². The van der Waals surface area contributed by atoms with Crippen molar-refractivity contribution in [2.75, 3.05) is 18.1 Å². The van der Waals surface area contributed by atoms with Crippen molar-refractivity contribution in [3.63, 3.8) is 0 Å². The lowest BCUT2D eigenvalue weighted by molar-refractivity contribution is -0.384. The van der Waals surface area contributed by atoms with Gasteiger partial charge >= 0.3 is 0 Å². The lowest BCUT2D eigenvalue weighted by Gasteiger charge is -2.10. The van der Waals surface area contributed by atoms with Gasteiger partial charge in [0.05, 0.1) is 21.3 Å². The van der Waals surface area contributed by atoms with Crippen LogP contribution in [0.15, 0.2) is 29.2 Å². The van der Waals surface area contributed by atoms with Gasteiger partial charge in [0.25, 0.3) is 5.69 Å². The SMILES string of the molecule is O=[N+]([O-])c1ccc(S(=O)(=O)NCC2CCS(=O)(=O)C2)cc1. The van der Waals surface area contributed by atoms with Gasteiger partial charge in [0.2, 0.25) is 10.0 Å². The molecule has 0 saturated carbocycles. The van der Waals surface area contributed by atoms with Crippen molar-refractivity contribution in [2.45, 2.75) is 11.3 Å². The molecular formula is C11H14N2O6S2. The Labute approximate surface area is 122 Å². The number of hydrogen-bond acceptors (Lipinski definition) is 6. The molecule has 1 heterocycles. The highest BCUT2D eigenvalue weighted by atomic mass is 32.2. The number of sulfone groups is 1. The monoisotopic (exact) mass is 334 g/mol. The fraction of sp³-hybridized carbons (Fsp3) is 0.455. The summed E-state index contributed by atoms with van der Waals surface area (Å²) in [4.78, 5) is 9.80. The Balaban J connectivity index is 2.03. The molecule has 1 fully saturated rings. The van der Waals surface area contributed by atoms with Crippen LogP contribution in [-0.2, 0) is 19.9 Å². The van der Waals surface area contributed by atoms with Crippen LogP contribution in [-0.4, -0.2) is 39.8 Å². The maximum atomic E-state index is 12.0. The predicted octanol–water partition coefficient (Wildman–Crippen LogP) is 0.308. The van der Waals surface area contributed by atoms with Crippen LogP contribution in [0.5, 0.6) is 0 Å². The maximum Gasteiger partial charge on any atom is 0.269 e. The van der Waals surface area contributed by atoms with E-state index in [1.165, 1.54) is 0 Å². The number of nitrogens with zero attached hydrogens (tertiary/aromatic N) is 1. The van der Waals surface area contributed by atoms with E-state index in [9.17, 15) is 26.9 Å². The van der Waals surface area contributed by atoms with Gasteiger partial charge in [-0.1, -0.05) is 0 Å². The van der Waals surface area contributed by atoms with Crippen LogP contribution >= 0.6 is 0 Å². The number of non-ortho nitro benzene ring substituents is 1. The average Bonchev–Trinajstić information content (AvgIpc) is 2.76. The zero-order valence-corrected chi connectivity index (χ0v) is 12.6. The molecule has 116 valence electrons. The van der Waals surface area contributed by atoms with Gasteiger partial charge in [-0.05, 0) is 24.5 Å². The molecular weight excluding hydrogens is 320 g/mol. The highest BCUT2D eigenvalue weighted by Crippen LogP contribution is 2.19. The van der Waals surface area contributed by atoms with Crippen molar-refractivity contribution < 1.29 is 21.8 Å². The normalized spacial score (nSPS) is 21.2. The zero-order valence-electron chi connectivity index (χ0n) is 10.9. The molecule has 1 aliphatic heterocycles. The van der Waals surface area contributed by atoms with Crippen LogP contribution < -0.4 is 4.72 Å². The molecule has 1 unspecified atom stereocenters. The molecule has 1 saturated heterocycles. The van der Waals surface area contributed by atoms with E-state index in [1.807, 2.05) is 0 Å². The number of rotatable bonds is 5. The Kier molecular flexibility index (Phi) is 4.30. The summed E-state index contributed by atoms with van der Waals surface area (Å²) in [6, 6.07) is 4.50. The van der Waals surface area contributed by atoms with Crippen LogP contribution in [0.4, 0.5) is 5.69 Å². The topological polar surface area (TPSA) is 123 Å². The van der Waals surface area contributed by atoms with E-state index in [0.717, 1.165) is 24.3 Å². The first-order valence-electron chi connectivity index (χ1n) is 6.14. The van der Waals surface area contributed by atoms with E-state index in [-0.39, 0.29) is 34.6 Å². The maximum absolute atomic E-state index is 12.0. The molecule has 1 atom stereocenters. The van der Waals surface area contributed by atoms with Crippen LogP contribution in [0, 0.1) is 16.0 Å². The second-order valence-electron chi connectivity index (χ2n) is 4.87.